The summed E-state index contributed by atoms with van der Waals surface area (Å²) in [5.41, 5.74) is 0.820. The zero-order valence-corrected chi connectivity index (χ0v) is 12.7. The lowest BCUT2D eigenvalue weighted by atomic mass is 9.80. The second kappa shape index (κ2) is 5.89. The van der Waals surface area contributed by atoms with Crippen molar-refractivity contribution in [3.63, 3.8) is 0 Å². The van der Waals surface area contributed by atoms with E-state index in [1.807, 2.05) is 16.8 Å². The second-order valence-corrected chi connectivity index (χ2v) is 5.65. The van der Waals surface area contributed by atoms with Crippen LogP contribution in [0.3, 0.4) is 0 Å². The van der Waals surface area contributed by atoms with E-state index in [9.17, 15) is 0 Å². The first-order valence-corrected chi connectivity index (χ1v) is 7.63. The van der Waals surface area contributed by atoms with Gasteiger partial charge in [-0.3, -0.25) is 0 Å². The maximum absolute atomic E-state index is 5.65. The minimum absolute atomic E-state index is 0.0296. The molecule has 1 aliphatic rings. The Morgan fingerprint density at radius 1 is 1.38 bits per heavy atom. The van der Waals surface area contributed by atoms with Gasteiger partial charge in [0.15, 0.2) is 11.5 Å². The molecule has 2 aromatic heterocycles. The van der Waals surface area contributed by atoms with E-state index in [2.05, 4.69) is 27.5 Å². The summed E-state index contributed by atoms with van der Waals surface area (Å²) in [4.78, 5) is 9.03. The zero-order valence-electron chi connectivity index (χ0n) is 12.7. The number of anilines is 2. The van der Waals surface area contributed by atoms with Gasteiger partial charge in [0.25, 0.3) is 0 Å². The van der Waals surface area contributed by atoms with E-state index < -0.39 is 0 Å². The number of methoxy groups -OCH3 is 1. The SMILES string of the molecule is CCCNc1cn2ccnc2c(NCC2(OC)CCC2)n1. The molecule has 0 radical (unpaired) electrons. The van der Waals surface area contributed by atoms with E-state index in [0.29, 0.717) is 0 Å². The Balaban J connectivity index is 1.80. The molecule has 2 aromatic rings. The van der Waals surface area contributed by atoms with Crippen LogP contribution in [0.5, 0.6) is 0 Å². The van der Waals surface area contributed by atoms with Crippen molar-refractivity contribution in [2.24, 2.45) is 0 Å². The third-order valence-electron chi connectivity index (χ3n) is 4.21. The molecule has 6 nitrogen and oxygen atoms in total. The van der Waals surface area contributed by atoms with E-state index >= 15 is 0 Å². The summed E-state index contributed by atoms with van der Waals surface area (Å²) in [7, 11) is 1.79. The largest absolute Gasteiger partial charge is 0.376 e. The summed E-state index contributed by atoms with van der Waals surface area (Å²) < 4.78 is 7.64. The van der Waals surface area contributed by atoms with Crippen LogP contribution in [0.25, 0.3) is 5.65 Å². The molecular formula is C15H23N5O. The summed E-state index contributed by atoms with van der Waals surface area (Å²) in [6, 6.07) is 0. The standard InChI is InChI=1S/C15H23N5O/c1-3-7-16-12-10-20-9-8-17-14(20)13(19-12)18-11-15(21-2)5-4-6-15/h8-10,16H,3-7,11H2,1-2H3,(H,18,19). The Morgan fingerprint density at radius 2 is 2.24 bits per heavy atom. The third kappa shape index (κ3) is 2.81. The first kappa shape index (κ1) is 14.1. The molecule has 0 aromatic carbocycles. The molecule has 6 heteroatoms. The van der Waals surface area contributed by atoms with E-state index in [1.54, 1.807) is 13.3 Å². The highest BCUT2D eigenvalue weighted by atomic mass is 16.5. The minimum Gasteiger partial charge on any atom is -0.376 e. The number of hydrogen-bond donors (Lipinski definition) is 2. The molecule has 1 fully saturated rings. The topological polar surface area (TPSA) is 63.5 Å². The van der Waals surface area contributed by atoms with Crippen molar-refractivity contribution >= 4 is 17.3 Å². The van der Waals surface area contributed by atoms with Crippen molar-refractivity contribution in [2.75, 3.05) is 30.8 Å². The Bertz CT molecular complexity index is 600. The van der Waals surface area contributed by atoms with Crippen molar-refractivity contribution in [1.82, 2.24) is 14.4 Å². The van der Waals surface area contributed by atoms with Gasteiger partial charge in [0.2, 0.25) is 0 Å². The Labute approximate surface area is 124 Å². The van der Waals surface area contributed by atoms with E-state index in [4.69, 9.17) is 4.74 Å². The van der Waals surface area contributed by atoms with Crippen LogP contribution in [0, 0.1) is 0 Å². The maximum Gasteiger partial charge on any atom is 0.180 e. The maximum atomic E-state index is 5.65. The van der Waals surface area contributed by atoms with Gasteiger partial charge in [-0.1, -0.05) is 6.92 Å². The Kier molecular flexibility index (Phi) is 3.96. The molecule has 114 valence electrons. The molecule has 0 atom stereocenters. The van der Waals surface area contributed by atoms with Crippen molar-refractivity contribution < 1.29 is 4.74 Å². The van der Waals surface area contributed by atoms with E-state index in [1.165, 1.54) is 6.42 Å². The molecule has 0 aliphatic heterocycles. The molecule has 0 amide bonds. The highest BCUT2D eigenvalue weighted by molar-refractivity contribution is 5.65. The third-order valence-corrected chi connectivity index (χ3v) is 4.21. The summed E-state index contributed by atoms with van der Waals surface area (Å²) in [5.74, 6) is 1.68. The summed E-state index contributed by atoms with van der Waals surface area (Å²) in [6.07, 6.45) is 10.2. The molecule has 2 heterocycles. The van der Waals surface area contributed by atoms with Crippen LogP contribution in [-0.2, 0) is 4.74 Å². The van der Waals surface area contributed by atoms with Crippen molar-refractivity contribution in [3.05, 3.63) is 18.6 Å². The van der Waals surface area contributed by atoms with Gasteiger partial charge in [-0.15, -0.1) is 0 Å². The number of nitrogens with zero attached hydrogens (tertiary/aromatic N) is 3. The molecule has 2 N–H and O–H groups in total. The minimum atomic E-state index is -0.0296. The van der Waals surface area contributed by atoms with Gasteiger partial charge >= 0.3 is 0 Å². The lowest BCUT2D eigenvalue weighted by molar-refractivity contribution is -0.0601. The fourth-order valence-electron chi connectivity index (χ4n) is 2.66. The van der Waals surface area contributed by atoms with Crippen LogP contribution >= 0.6 is 0 Å². The second-order valence-electron chi connectivity index (χ2n) is 5.65. The van der Waals surface area contributed by atoms with Gasteiger partial charge in [-0.05, 0) is 25.7 Å². The van der Waals surface area contributed by atoms with E-state index in [0.717, 1.165) is 49.6 Å². The summed E-state index contributed by atoms with van der Waals surface area (Å²) in [6.45, 7) is 3.83. The summed E-state index contributed by atoms with van der Waals surface area (Å²) in [5, 5.41) is 6.75. The normalized spacial score (nSPS) is 16.7. The Hall–Kier alpha value is -1.82. The molecule has 21 heavy (non-hydrogen) atoms. The number of imidazole rings is 1. The van der Waals surface area contributed by atoms with Crippen LogP contribution in [-0.4, -0.2) is 40.2 Å². The molecule has 1 aliphatic carbocycles. The zero-order chi connectivity index (χ0) is 14.7. The fourth-order valence-corrected chi connectivity index (χ4v) is 2.66. The van der Waals surface area contributed by atoms with Crippen molar-refractivity contribution in [2.45, 2.75) is 38.2 Å². The van der Waals surface area contributed by atoms with Gasteiger partial charge < -0.3 is 19.8 Å². The predicted octanol–water partition coefficient (Wildman–Crippen LogP) is 2.53. The van der Waals surface area contributed by atoms with Crippen LogP contribution in [0.2, 0.25) is 0 Å². The van der Waals surface area contributed by atoms with Crippen LogP contribution in [0.1, 0.15) is 32.6 Å². The molecule has 0 spiro atoms. The smallest absolute Gasteiger partial charge is 0.180 e. The highest BCUT2D eigenvalue weighted by Gasteiger charge is 2.37. The number of fused-ring (bicyclic) bond motifs is 1. The van der Waals surface area contributed by atoms with Gasteiger partial charge in [-0.25, -0.2) is 9.97 Å². The van der Waals surface area contributed by atoms with Gasteiger partial charge in [-0.2, -0.15) is 0 Å². The predicted molar refractivity (Wildman–Crippen MR) is 83.8 cm³/mol. The molecule has 0 saturated heterocycles. The lowest BCUT2D eigenvalue weighted by Gasteiger charge is -2.40. The lowest BCUT2D eigenvalue weighted by Crippen LogP contribution is -2.45. The van der Waals surface area contributed by atoms with Crippen LogP contribution in [0.4, 0.5) is 11.6 Å². The van der Waals surface area contributed by atoms with Crippen molar-refractivity contribution in [1.29, 1.82) is 0 Å². The number of aromatic nitrogens is 3. The van der Waals surface area contributed by atoms with Gasteiger partial charge in [0.1, 0.15) is 5.82 Å². The molecule has 0 bridgehead atoms. The Morgan fingerprint density at radius 3 is 2.90 bits per heavy atom. The monoisotopic (exact) mass is 289 g/mol. The van der Waals surface area contributed by atoms with E-state index in [-0.39, 0.29) is 5.60 Å². The molecule has 3 rings (SSSR count). The summed E-state index contributed by atoms with van der Waals surface area (Å²) >= 11 is 0. The van der Waals surface area contributed by atoms with Crippen LogP contribution < -0.4 is 10.6 Å². The molecule has 1 saturated carbocycles. The number of ether oxygens (including phenoxy) is 1. The molecule has 0 unspecified atom stereocenters. The average molecular weight is 289 g/mol. The number of rotatable bonds is 7. The first-order chi connectivity index (χ1) is 10.3. The van der Waals surface area contributed by atoms with Crippen LogP contribution in [0.15, 0.2) is 18.6 Å². The number of nitrogens with one attached hydrogen (secondary N) is 2. The van der Waals surface area contributed by atoms with Gasteiger partial charge in [0.05, 0.1) is 11.8 Å². The quantitative estimate of drug-likeness (QED) is 0.820. The highest BCUT2D eigenvalue weighted by Crippen LogP contribution is 2.35. The average Bonchev–Trinajstić information content (AvgIpc) is 2.92. The van der Waals surface area contributed by atoms with Gasteiger partial charge in [0, 0.05) is 32.6 Å². The first-order valence-electron chi connectivity index (χ1n) is 7.63. The van der Waals surface area contributed by atoms with Crippen molar-refractivity contribution in [3.8, 4) is 0 Å². The fraction of sp³-hybridized carbons (Fsp3) is 0.600. The molecular weight excluding hydrogens is 266 g/mol. The number of hydrogen-bond acceptors (Lipinski definition) is 5.